The van der Waals surface area contributed by atoms with Crippen molar-refractivity contribution in [3.8, 4) is 0 Å². The standard InChI is InChI=1S/C17H20FNO7/c1-9(13(16(23)25-2)17(24)26-3)14(15(21)22)19-12(20)8-10-5-4-6-11(18)7-10/h4-7,9,13-14H,8H2,1-3H3,(H,19,20)(H,21,22)/t9-,14+/m0/s1. The monoisotopic (exact) mass is 369 g/mol. The van der Waals surface area contributed by atoms with Gasteiger partial charge in [-0.3, -0.25) is 14.4 Å². The van der Waals surface area contributed by atoms with Gasteiger partial charge in [0.25, 0.3) is 0 Å². The lowest BCUT2D eigenvalue weighted by Gasteiger charge is -2.26. The zero-order chi connectivity index (χ0) is 19.9. The van der Waals surface area contributed by atoms with Crippen molar-refractivity contribution in [2.45, 2.75) is 19.4 Å². The number of carbonyl (C=O) groups is 4. The number of aliphatic carboxylic acids is 1. The third-order valence-corrected chi connectivity index (χ3v) is 3.80. The van der Waals surface area contributed by atoms with Crippen LogP contribution in [0.2, 0.25) is 0 Å². The molecule has 2 atom stereocenters. The summed E-state index contributed by atoms with van der Waals surface area (Å²) >= 11 is 0. The molecule has 0 heterocycles. The predicted octanol–water partition coefficient (Wildman–Crippen LogP) is 0.536. The molecule has 0 aliphatic heterocycles. The number of rotatable bonds is 8. The Labute approximate surface area is 149 Å². The summed E-state index contributed by atoms with van der Waals surface area (Å²) in [7, 11) is 2.09. The first-order valence-electron chi connectivity index (χ1n) is 7.63. The number of carboxylic acids is 1. The van der Waals surface area contributed by atoms with E-state index in [-0.39, 0.29) is 6.42 Å². The predicted molar refractivity (Wildman–Crippen MR) is 86.4 cm³/mol. The lowest BCUT2D eigenvalue weighted by atomic mass is 9.87. The summed E-state index contributed by atoms with van der Waals surface area (Å²) in [5.41, 5.74) is 0.344. The first-order valence-corrected chi connectivity index (χ1v) is 7.63. The van der Waals surface area contributed by atoms with E-state index in [0.717, 1.165) is 20.3 Å². The molecule has 0 aliphatic carbocycles. The second-order valence-electron chi connectivity index (χ2n) is 5.57. The van der Waals surface area contributed by atoms with Gasteiger partial charge in [0.15, 0.2) is 5.92 Å². The third kappa shape index (κ3) is 5.54. The van der Waals surface area contributed by atoms with E-state index >= 15 is 0 Å². The van der Waals surface area contributed by atoms with E-state index in [9.17, 15) is 28.7 Å². The topological polar surface area (TPSA) is 119 Å². The molecule has 26 heavy (non-hydrogen) atoms. The van der Waals surface area contributed by atoms with E-state index in [0.29, 0.717) is 5.56 Å². The highest BCUT2D eigenvalue weighted by Crippen LogP contribution is 2.20. The van der Waals surface area contributed by atoms with Gasteiger partial charge in [-0.25, -0.2) is 9.18 Å². The van der Waals surface area contributed by atoms with Gasteiger partial charge in [0, 0.05) is 5.92 Å². The van der Waals surface area contributed by atoms with Crippen molar-refractivity contribution in [2.24, 2.45) is 11.8 Å². The summed E-state index contributed by atoms with van der Waals surface area (Å²) in [5, 5.41) is 11.6. The van der Waals surface area contributed by atoms with E-state index in [4.69, 9.17) is 0 Å². The Kier molecular flexibility index (Phi) is 7.70. The zero-order valence-corrected chi connectivity index (χ0v) is 14.5. The molecule has 0 bridgehead atoms. The molecule has 0 saturated heterocycles. The molecule has 1 amide bonds. The van der Waals surface area contributed by atoms with Crippen LogP contribution in [0.3, 0.4) is 0 Å². The number of nitrogens with one attached hydrogen (secondary N) is 1. The Morgan fingerprint density at radius 1 is 1.15 bits per heavy atom. The summed E-state index contributed by atoms with van der Waals surface area (Å²) < 4.78 is 22.2. The second kappa shape index (κ2) is 9.50. The molecule has 0 spiro atoms. The van der Waals surface area contributed by atoms with Crippen LogP contribution < -0.4 is 5.32 Å². The van der Waals surface area contributed by atoms with Crippen LogP contribution in [0.4, 0.5) is 4.39 Å². The van der Waals surface area contributed by atoms with Gasteiger partial charge in [0.2, 0.25) is 5.91 Å². The van der Waals surface area contributed by atoms with Gasteiger partial charge in [0.05, 0.1) is 20.6 Å². The minimum Gasteiger partial charge on any atom is -0.480 e. The minimum absolute atomic E-state index is 0.268. The van der Waals surface area contributed by atoms with Crippen molar-refractivity contribution in [1.82, 2.24) is 5.32 Å². The Bertz CT molecular complexity index is 675. The fourth-order valence-electron chi connectivity index (χ4n) is 2.45. The number of methoxy groups -OCH3 is 2. The number of benzene rings is 1. The highest BCUT2D eigenvalue weighted by molar-refractivity contribution is 5.96. The minimum atomic E-state index is -1.56. The third-order valence-electron chi connectivity index (χ3n) is 3.80. The maximum atomic E-state index is 13.2. The number of esters is 2. The van der Waals surface area contributed by atoms with Gasteiger partial charge in [-0.2, -0.15) is 0 Å². The average molecular weight is 369 g/mol. The summed E-state index contributed by atoms with van der Waals surface area (Å²) in [4.78, 5) is 47.3. The Balaban J connectivity index is 2.95. The van der Waals surface area contributed by atoms with Gasteiger partial charge >= 0.3 is 17.9 Å². The van der Waals surface area contributed by atoms with Crippen LogP contribution in [0, 0.1) is 17.7 Å². The number of ether oxygens (including phenoxy) is 2. The molecule has 0 radical (unpaired) electrons. The van der Waals surface area contributed by atoms with Crippen molar-refractivity contribution in [1.29, 1.82) is 0 Å². The average Bonchev–Trinajstić information content (AvgIpc) is 2.58. The molecule has 2 N–H and O–H groups in total. The Morgan fingerprint density at radius 3 is 2.19 bits per heavy atom. The molecule has 0 unspecified atom stereocenters. The molecule has 142 valence electrons. The van der Waals surface area contributed by atoms with E-state index in [1.54, 1.807) is 0 Å². The second-order valence-corrected chi connectivity index (χ2v) is 5.57. The molecule has 0 fully saturated rings. The van der Waals surface area contributed by atoms with Crippen molar-refractivity contribution >= 4 is 23.8 Å². The number of halogens is 1. The number of hydrogen-bond donors (Lipinski definition) is 2. The van der Waals surface area contributed by atoms with Crippen molar-refractivity contribution in [3.05, 3.63) is 35.6 Å². The van der Waals surface area contributed by atoms with Crippen molar-refractivity contribution < 1.29 is 38.1 Å². The maximum Gasteiger partial charge on any atom is 0.326 e. The molecule has 9 heteroatoms. The van der Waals surface area contributed by atoms with E-state index in [1.165, 1.54) is 25.1 Å². The van der Waals surface area contributed by atoms with Crippen LogP contribution >= 0.6 is 0 Å². The molecule has 0 aliphatic rings. The zero-order valence-electron chi connectivity index (χ0n) is 14.5. The van der Waals surface area contributed by atoms with Crippen LogP contribution in [-0.2, 0) is 35.1 Å². The first kappa shape index (κ1) is 21.1. The van der Waals surface area contributed by atoms with Crippen LogP contribution in [0.1, 0.15) is 12.5 Å². The van der Waals surface area contributed by atoms with Crippen LogP contribution in [-0.4, -0.2) is 49.2 Å². The molecule has 1 aromatic carbocycles. The molecule has 1 rings (SSSR count). The summed E-state index contributed by atoms with van der Waals surface area (Å²) in [6.45, 7) is 1.31. The number of amides is 1. The van der Waals surface area contributed by atoms with Gasteiger partial charge in [-0.1, -0.05) is 19.1 Å². The van der Waals surface area contributed by atoms with Crippen LogP contribution in [0.5, 0.6) is 0 Å². The Morgan fingerprint density at radius 2 is 1.73 bits per heavy atom. The summed E-state index contributed by atoms with van der Waals surface area (Å²) in [5.74, 6) is -7.31. The highest BCUT2D eigenvalue weighted by Gasteiger charge is 2.41. The maximum absolute atomic E-state index is 13.2. The van der Waals surface area contributed by atoms with E-state index in [1.807, 2.05) is 0 Å². The van der Waals surface area contributed by atoms with E-state index < -0.39 is 47.5 Å². The van der Waals surface area contributed by atoms with Crippen LogP contribution in [0.25, 0.3) is 0 Å². The number of carboxylic acid groups (broad SMARTS) is 1. The summed E-state index contributed by atoms with van der Waals surface area (Å²) in [6.07, 6.45) is -0.268. The SMILES string of the molecule is COC(=O)C(C(=O)OC)[C@H](C)[C@@H](NC(=O)Cc1cccc(F)c1)C(=O)O. The fourth-order valence-corrected chi connectivity index (χ4v) is 2.45. The van der Waals surface area contributed by atoms with Gasteiger partial charge in [0.1, 0.15) is 11.9 Å². The largest absolute Gasteiger partial charge is 0.480 e. The van der Waals surface area contributed by atoms with Gasteiger partial charge in [-0.05, 0) is 17.7 Å². The lowest BCUT2D eigenvalue weighted by Crippen LogP contribution is -2.50. The smallest absolute Gasteiger partial charge is 0.326 e. The van der Waals surface area contributed by atoms with Crippen molar-refractivity contribution in [2.75, 3.05) is 14.2 Å². The fraction of sp³-hybridized carbons (Fsp3) is 0.412. The number of hydrogen-bond acceptors (Lipinski definition) is 6. The number of carbonyl (C=O) groups excluding carboxylic acids is 3. The molecule has 0 saturated carbocycles. The molecular weight excluding hydrogens is 349 g/mol. The Hall–Kier alpha value is -2.97. The van der Waals surface area contributed by atoms with Crippen molar-refractivity contribution in [3.63, 3.8) is 0 Å². The first-order chi connectivity index (χ1) is 12.2. The van der Waals surface area contributed by atoms with Crippen LogP contribution in [0.15, 0.2) is 24.3 Å². The molecular formula is C17H20FNO7. The molecule has 0 aromatic heterocycles. The highest BCUT2D eigenvalue weighted by atomic mass is 19.1. The molecule has 1 aromatic rings. The lowest BCUT2D eigenvalue weighted by molar-refractivity contribution is -0.163. The van der Waals surface area contributed by atoms with Gasteiger partial charge in [-0.15, -0.1) is 0 Å². The molecule has 8 nitrogen and oxygen atoms in total. The van der Waals surface area contributed by atoms with Gasteiger partial charge < -0.3 is 19.9 Å². The quantitative estimate of drug-likeness (QED) is 0.507. The summed E-state index contributed by atoms with van der Waals surface area (Å²) in [6, 6.07) is 3.72. The normalized spacial score (nSPS) is 12.8. The van der Waals surface area contributed by atoms with E-state index in [2.05, 4.69) is 14.8 Å².